The number of anilines is 1. The molecule has 0 aliphatic carbocycles. The van der Waals surface area contributed by atoms with Gasteiger partial charge in [0.1, 0.15) is 5.82 Å². The molecule has 3 nitrogen and oxygen atoms in total. The minimum Gasteiger partial charge on any atom is -0.382 e. The first-order valence-electron chi connectivity index (χ1n) is 5.82. The van der Waals surface area contributed by atoms with Crippen molar-refractivity contribution >= 4 is 17.6 Å². The summed E-state index contributed by atoms with van der Waals surface area (Å²) in [5.74, 6) is 1.83. The van der Waals surface area contributed by atoms with Gasteiger partial charge in [0.25, 0.3) is 0 Å². The van der Waals surface area contributed by atoms with Gasteiger partial charge in [-0.15, -0.1) is 11.8 Å². The molecule has 0 saturated carbocycles. The highest BCUT2D eigenvalue weighted by Crippen LogP contribution is 2.34. The summed E-state index contributed by atoms with van der Waals surface area (Å²) >= 11 is 1.95. The molecule has 0 atom stereocenters. The van der Waals surface area contributed by atoms with Crippen LogP contribution in [0.15, 0.2) is 23.1 Å². The van der Waals surface area contributed by atoms with E-state index >= 15 is 0 Å². The molecular formula is C13H15N3S. The van der Waals surface area contributed by atoms with Crippen LogP contribution in [0.5, 0.6) is 0 Å². The molecule has 1 aliphatic heterocycles. The van der Waals surface area contributed by atoms with Crippen molar-refractivity contribution in [2.45, 2.75) is 24.7 Å². The number of benzene rings is 1. The zero-order valence-corrected chi connectivity index (χ0v) is 10.6. The number of thioether (sulfide) groups is 1. The molecule has 88 valence electrons. The molecule has 17 heavy (non-hydrogen) atoms. The first-order valence-corrected chi connectivity index (χ1v) is 6.81. The second kappa shape index (κ2) is 4.11. The third-order valence-corrected chi connectivity index (χ3v) is 4.45. The molecule has 0 spiro atoms. The first kappa shape index (κ1) is 10.7. The van der Waals surface area contributed by atoms with Crippen LogP contribution in [-0.2, 0) is 6.42 Å². The van der Waals surface area contributed by atoms with Gasteiger partial charge in [0, 0.05) is 16.0 Å². The van der Waals surface area contributed by atoms with E-state index in [1.165, 1.54) is 34.6 Å². The predicted octanol–water partition coefficient (Wildman–Crippen LogP) is 3.01. The molecule has 3 N–H and O–H groups in total. The van der Waals surface area contributed by atoms with Crippen molar-refractivity contribution in [2.24, 2.45) is 0 Å². The summed E-state index contributed by atoms with van der Waals surface area (Å²) < 4.78 is 0. The molecular weight excluding hydrogens is 230 g/mol. The Kier molecular flexibility index (Phi) is 2.59. The van der Waals surface area contributed by atoms with Crippen LogP contribution in [0.3, 0.4) is 0 Å². The maximum absolute atomic E-state index is 5.77. The van der Waals surface area contributed by atoms with Crippen molar-refractivity contribution in [1.82, 2.24) is 10.2 Å². The van der Waals surface area contributed by atoms with E-state index in [9.17, 15) is 0 Å². The van der Waals surface area contributed by atoms with E-state index in [-0.39, 0.29) is 0 Å². The number of H-pyrrole nitrogens is 1. The Labute approximate surface area is 105 Å². The SMILES string of the molecule is Cc1c(N)n[nH]c1-c1ccc2c(c1)CCCS2. The molecule has 4 heteroatoms. The number of aryl methyl sites for hydroxylation is 1. The van der Waals surface area contributed by atoms with E-state index in [4.69, 9.17) is 5.73 Å². The lowest BCUT2D eigenvalue weighted by molar-refractivity contribution is 0.890. The Bertz CT molecular complexity index is 560. The quantitative estimate of drug-likeness (QED) is 0.812. The zero-order valence-electron chi connectivity index (χ0n) is 9.79. The van der Waals surface area contributed by atoms with Crippen LogP contribution in [-0.4, -0.2) is 16.0 Å². The third kappa shape index (κ3) is 1.82. The minimum absolute atomic E-state index is 0.590. The maximum atomic E-state index is 5.77. The van der Waals surface area contributed by atoms with Crippen LogP contribution in [0.4, 0.5) is 5.82 Å². The lowest BCUT2D eigenvalue weighted by Gasteiger charge is -2.15. The number of aromatic amines is 1. The highest BCUT2D eigenvalue weighted by Gasteiger charge is 2.13. The number of hydrogen-bond acceptors (Lipinski definition) is 3. The van der Waals surface area contributed by atoms with Crippen molar-refractivity contribution in [3.63, 3.8) is 0 Å². The molecule has 3 rings (SSSR count). The number of nitrogens with one attached hydrogen (secondary N) is 1. The van der Waals surface area contributed by atoms with Gasteiger partial charge >= 0.3 is 0 Å². The van der Waals surface area contributed by atoms with Crippen LogP contribution in [0.1, 0.15) is 17.5 Å². The van der Waals surface area contributed by atoms with Gasteiger partial charge in [-0.3, -0.25) is 5.10 Å². The second-order valence-corrected chi connectivity index (χ2v) is 5.52. The topological polar surface area (TPSA) is 54.7 Å². The molecule has 1 aliphatic rings. The standard InChI is InChI=1S/C13H15N3S/c1-8-12(15-16-13(8)14)10-4-5-11-9(7-10)3-2-6-17-11/h4-5,7H,2-3,6H2,1H3,(H3,14,15,16). The fraction of sp³-hybridized carbons (Fsp3) is 0.308. The van der Waals surface area contributed by atoms with Crippen LogP contribution >= 0.6 is 11.8 Å². The molecule has 0 fully saturated rings. The lowest BCUT2D eigenvalue weighted by atomic mass is 10.0. The molecule has 1 aromatic heterocycles. The fourth-order valence-electron chi connectivity index (χ4n) is 2.21. The van der Waals surface area contributed by atoms with Crippen molar-refractivity contribution in [3.05, 3.63) is 29.3 Å². The molecule has 0 unspecified atom stereocenters. The summed E-state index contributed by atoms with van der Waals surface area (Å²) in [5, 5.41) is 7.07. The van der Waals surface area contributed by atoms with E-state index in [0.29, 0.717) is 5.82 Å². The Morgan fingerprint density at radius 3 is 3.06 bits per heavy atom. The summed E-state index contributed by atoms with van der Waals surface area (Å²) in [6, 6.07) is 6.63. The lowest BCUT2D eigenvalue weighted by Crippen LogP contribution is -1.98. The van der Waals surface area contributed by atoms with Crippen LogP contribution < -0.4 is 5.73 Å². The van der Waals surface area contributed by atoms with Crippen LogP contribution in [0.2, 0.25) is 0 Å². The third-order valence-electron chi connectivity index (χ3n) is 3.24. The summed E-state index contributed by atoms with van der Waals surface area (Å²) in [6.07, 6.45) is 2.45. The molecule has 2 aromatic rings. The number of hydrogen-bond donors (Lipinski definition) is 2. The largest absolute Gasteiger partial charge is 0.382 e. The Morgan fingerprint density at radius 2 is 2.29 bits per heavy atom. The molecule has 0 bridgehead atoms. The molecule has 0 radical (unpaired) electrons. The van der Waals surface area contributed by atoms with Gasteiger partial charge in [0.05, 0.1) is 5.69 Å². The minimum atomic E-state index is 0.590. The zero-order chi connectivity index (χ0) is 11.8. The van der Waals surface area contributed by atoms with Gasteiger partial charge in [-0.2, -0.15) is 5.10 Å². The Balaban J connectivity index is 2.07. The molecule has 0 saturated heterocycles. The van der Waals surface area contributed by atoms with Crippen molar-refractivity contribution in [1.29, 1.82) is 0 Å². The van der Waals surface area contributed by atoms with E-state index in [1.54, 1.807) is 0 Å². The van der Waals surface area contributed by atoms with Crippen LogP contribution in [0.25, 0.3) is 11.3 Å². The molecule has 1 aromatic carbocycles. The van der Waals surface area contributed by atoms with Crippen molar-refractivity contribution in [3.8, 4) is 11.3 Å². The monoisotopic (exact) mass is 245 g/mol. The van der Waals surface area contributed by atoms with Gasteiger partial charge in [-0.25, -0.2) is 0 Å². The first-order chi connectivity index (χ1) is 8.25. The highest BCUT2D eigenvalue weighted by molar-refractivity contribution is 7.99. The number of rotatable bonds is 1. The Morgan fingerprint density at radius 1 is 1.41 bits per heavy atom. The summed E-state index contributed by atoms with van der Waals surface area (Å²) in [6.45, 7) is 2.00. The molecule has 2 heterocycles. The van der Waals surface area contributed by atoms with Gasteiger partial charge in [-0.05, 0) is 43.2 Å². The van der Waals surface area contributed by atoms with Gasteiger partial charge < -0.3 is 5.73 Å². The average Bonchev–Trinajstić information content (AvgIpc) is 2.70. The number of nitrogen functional groups attached to an aromatic ring is 1. The predicted molar refractivity (Wildman–Crippen MR) is 72.2 cm³/mol. The molecule has 0 amide bonds. The average molecular weight is 245 g/mol. The maximum Gasteiger partial charge on any atom is 0.148 e. The summed E-state index contributed by atoms with van der Waals surface area (Å²) in [5.41, 5.74) is 10.5. The normalized spacial score (nSPS) is 14.6. The van der Waals surface area contributed by atoms with Crippen molar-refractivity contribution < 1.29 is 0 Å². The number of nitrogens with two attached hydrogens (primary N) is 1. The van der Waals surface area contributed by atoms with Gasteiger partial charge in [0.15, 0.2) is 0 Å². The van der Waals surface area contributed by atoms with E-state index < -0.39 is 0 Å². The number of nitrogens with zero attached hydrogens (tertiary/aromatic N) is 1. The van der Waals surface area contributed by atoms with Gasteiger partial charge in [0.2, 0.25) is 0 Å². The summed E-state index contributed by atoms with van der Waals surface area (Å²) in [4.78, 5) is 1.42. The Hall–Kier alpha value is -1.42. The van der Waals surface area contributed by atoms with Gasteiger partial charge in [-0.1, -0.05) is 6.07 Å². The summed E-state index contributed by atoms with van der Waals surface area (Å²) in [7, 11) is 0. The van der Waals surface area contributed by atoms with E-state index in [1.807, 2.05) is 18.7 Å². The van der Waals surface area contributed by atoms with E-state index in [2.05, 4.69) is 28.4 Å². The fourth-order valence-corrected chi connectivity index (χ4v) is 3.23. The van der Waals surface area contributed by atoms with Crippen molar-refractivity contribution in [2.75, 3.05) is 11.5 Å². The smallest absolute Gasteiger partial charge is 0.148 e. The number of aromatic nitrogens is 2. The van der Waals surface area contributed by atoms with E-state index in [0.717, 1.165) is 11.3 Å². The highest BCUT2D eigenvalue weighted by atomic mass is 32.2. The second-order valence-electron chi connectivity index (χ2n) is 4.38. The van der Waals surface area contributed by atoms with Crippen LogP contribution in [0, 0.1) is 6.92 Å². The number of fused-ring (bicyclic) bond motifs is 1.